The number of carbonyl (C=O) groups excluding carboxylic acids is 2. The Labute approximate surface area is 193 Å². The lowest BCUT2D eigenvalue weighted by Gasteiger charge is -2.32. The number of amides is 2. The maximum absolute atomic E-state index is 14.0. The van der Waals surface area contributed by atoms with Crippen LogP contribution in [0.1, 0.15) is 28.7 Å². The monoisotopic (exact) mass is 438 g/mol. The van der Waals surface area contributed by atoms with Crippen molar-refractivity contribution < 1.29 is 14.3 Å². The molecule has 0 saturated carbocycles. The maximum atomic E-state index is 14.0. The van der Waals surface area contributed by atoms with Gasteiger partial charge in [-0.1, -0.05) is 48.0 Å². The Bertz CT molecular complexity index is 1310. The number of para-hydroxylation sites is 1. The summed E-state index contributed by atoms with van der Waals surface area (Å²) in [6.07, 6.45) is 1.88. The summed E-state index contributed by atoms with van der Waals surface area (Å²) in [6, 6.07) is 21.2. The van der Waals surface area contributed by atoms with Crippen LogP contribution < -0.4 is 14.5 Å². The van der Waals surface area contributed by atoms with Crippen LogP contribution in [0, 0.1) is 13.8 Å². The van der Waals surface area contributed by atoms with E-state index < -0.39 is 0 Å². The van der Waals surface area contributed by atoms with Crippen LogP contribution >= 0.6 is 0 Å². The summed E-state index contributed by atoms with van der Waals surface area (Å²) in [7, 11) is 1.57. The van der Waals surface area contributed by atoms with Gasteiger partial charge in [-0.15, -0.1) is 0 Å². The average molecular weight is 439 g/mol. The van der Waals surface area contributed by atoms with E-state index in [0.717, 1.165) is 35.2 Å². The highest BCUT2D eigenvalue weighted by atomic mass is 16.5. The van der Waals surface area contributed by atoms with Crippen molar-refractivity contribution in [3.05, 3.63) is 94.7 Å². The van der Waals surface area contributed by atoms with E-state index in [4.69, 9.17) is 4.74 Å². The zero-order valence-electron chi connectivity index (χ0n) is 19.1. The summed E-state index contributed by atoms with van der Waals surface area (Å²) >= 11 is 0. The van der Waals surface area contributed by atoms with Crippen molar-refractivity contribution in [3.63, 3.8) is 0 Å². The van der Waals surface area contributed by atoms with Gasteiger partial charge >= 0.3 is 0 Å². The molecule has 2 aliphatic rings. The molecule has 0 saturated heterocycles. The highest BCUT2D eigenvalue weighted by Crippen LogP contribution is 2.40. The minimum Gasteiger partial charge on any atom is -0.497 e. The van der Waals surface area contributed by atoms with E-state index in [9.17, 15) is 9.59 Å². The van der Waals surface area contributed by atoms with E-state index in [1.54, 1.807) is 31.4 Å². The lowest BCUT2D eigenvalue weighted by molar-refractivity contribution is -0.120. The molecule has 0 atom stereocenters. The largest absolute Gasteiger partial charge is 0.497 e. The summed E-state index contributed by atoms with van der Waals surface area (Å²) in [6.45, 7) is 4.70. The fraction of sp³-hybridized carbons (Fsp3) is 0.214. The number of aryl methyl sites for hydroxylation is 3. The normalized spacial score (nSPS) is 15.8. The molecule has 0 radical (unpaired) electrons. The summed E-state index contributed by atoms with van der Waals surface area (Å²) in [4.78, 5) is 31.2. The van der Waals surface area contributed by atoms with E-state index in [1.807, 2.05) is 49.1 Å². The summed E-state index contributed by atoms with van der Waals surface area (Å²) < 4.78 is 5.35. The smallest absolute Gasteiger partial charge is 0.282 e. The fourth-order valence-corrected chi connectivity index (χ4v) is 4.86. The lowest BCUT2D eigenvalue weighted by atomic mass is 9.95. The summed E-state index contributed by atoms with van der Waals surface area (Å²) in [5.74, 6) is -0.0175. The first-order valence-corrected chi connectivity index (χ1v) is 11.2. The second-order valence-electron chi connectivity index (χ2n) is 8.57. The number of anilines is 2. The quantitative estimate of drug-likeness (QED) is 0.535. The van der Waals surface area contributed by atoms with Gasteiger partial charge < -0.3 is 9.64 Å². The van der Waals surface area contributed by atoms with Gasteiger partial charge in [0.2, 0.25) is 0 Å². The zero-order chi connectivity index (χ0) is 23.1. The molecular formula is C28H26N2O3. The van der Waals surface area contributed by atoms with Gasteiger partial charge in [-0.2, -0.15) is 0 Å². The number of carbonyl (C=O) groups is 2. The molecule has 0 N–H and O–H groups in total. The van der Waals surface area contributed by atoms with Crippen LogP contribution in [0.15, 0.2) is 72.4 Å². The molecule has 166 valence electrons. The Morgan fingerprint density at radius 3 is 2.48 bits per heavy atom. The van der Waals surface area contributed by atoms with Gasteiger partial charge in [0.1, 0.15) is 11.4 Å². The number of hydrogen-bond acceptors (Lipinski definition) is 4. The number of benzene rings is 3. The Kier molecular flexibility index (Phi) is 5.25. The predicted octanol–water partition coefficient (Wildman–Crippen LogP) is 5.05. The van der Waals surface area contributed by atoms with Crippen molar-refractivity contribution in [1.29, 1.82) is 0 Å². The molecule has 3 aromatic rings. The number of nitrogens with zero attached hydrogens (tertiary/aromatic N) is 2. The van der Waals surface area contributed by atoms with Gasteiger partial charge in [-0.3, -0.25) is 9.59 Å². The van der Waals surface area contributed by atoms with Crippen molar-refractivity contribution >= 4 is 28.8 Å². The molecule has 5 nitrogen and oxygen atoms in total. The number of rotatable bonds is 4. The third-order valence-electron chi connectivity index (χ3n) is 6.40. The number of hydrogen-bond donors (Lipinski definition) is 0. The second kappa shape index (κ2) is 8.24. The van der Waals surface area contributed by atoms with Gasteiger partial charge in [-0.25, -0.2) is 4.90 Å². The third kappa shape index (κ3) is 3.50. The average Bonchev–Trinajstić information content (AvgIpc) is 3.08. The molecule has 5 rings (SSSR count). The molecule has 0 aromatic heterocycles. The van der Waals surface area contributed by atoms with Crippen molar-refractivity contribution in [1.82, 2.24) is 0 Å². The minimum absolute atomic E-state index is 0.306. The van der Waals surface area contributed by atoms with Crippen molar-refractivity contribution in [2.24, 2.45) is 0 Å². The van der Waals surface area contributed by atoms with Crippen LogP contribution in [0.3, 0.4) is 0 Å². The van der Waals surface area contributed by atoms with Gasteiger partial charge in [0.25, 0.3) is 11.8 Å². The van der Waals surface area contributed by atoms with Crippen LogP contribution in [0.4, 0.5) is 11.4 Å². The maximum Gasteiger partial charge on any atom is 0.282 e. The lowest BCUT2D eigenvalue weighted by Crippen LogP contribution is -2.37. The Balaban J connectivity index is 1.72. The molecule has 2 heterocycles. The summed E-state index contributed by atoms with van der Waals surface area (Å²) in [5, 5.41) is 0. The Morgan fingerprint density at radius 2 is 1.70 bits per heavy atom. The second-order valence-corrected chi connectivity index (χ2v) is 8.57. The SMILES string of the molecule is COc1cccc(N2C(=O)C(c3ccc(C)cc3C)=C(N3CCCc4ccccc43)C2=O)c1. The third-order valence-corrected chi connectivity index (χ3v) is 6.40. The Hall–Kier alpha value is -3.86. The van der Waals surface area contributed by atoms with E-state index in [1.165, 1.54) is 10.5 Å². The zero-order valence-corrected chi connectivity index (χ0v) is 19.1. The van der Waals surface area contributed by atoms with Gasteiger partial charge in [0.15, 0.2) is 0 Å². The minimum atomic E-state index is -0.307. The van der Waals surface area contributed by atoms with Gasteiger partial charge in [0, 0.05) is 18.3 Å². The first-order chi connectivity index (χ1) is 16.0. The standard InChI is InChI=1S/C28H26N2O3/c1-18-13-14-23(19(2)16-18)25-26(29-15-7-9-20-8-4-5-12-24(20)29)28(32)30(27(25)31)21-10-6-11-22(17-21)33-3/h4-6,8,10-14,16-17H,7,9,15H2,1-3H3. The Morgan fingerprint density at radius 1 is 0.879 bits per heavy atom. The van der Waals surface area contributed by atoms with Crippen LogP contribution in [-0.4, -0.2) is 25.5 Å². The molecule has 0 unspecified atom stereocenters. The molecule has 0 aliphatic carbocycles. The number of ether oxygens (including phenoxy) is 1. The van der Waals surface area contributed by atoms with Crippen LogP contribution in [0.25, 0.3) is 5.57 Å². The highest BCUT2D eigenvalue weighted by molar-refractivity contribution is 6.46. The molecule has 2 aliphatic heterocycles. The highest BCUT2D eigenvalue weighted by Gasteiger charge is 2.44. The van der Waals surface area contributed by atoms with Gasteiger partial charge in [-0.05, 0) is 61.6 Å². The van der Waals surface area contributed by atoms with Crippen molar-refractivity contribution in [3.8, 4) is 5.75 Å². The molecule has 5 heteroatoms. The topological polar surface area (TPSA) is 49.9 Å². The van der Waals surface area contributed by atoms with Gasteiger partial charge in [0.05, 0.1) is 18.4 Å². The predicted molar refractivity (Wildman–Crippen MR) is 130 cm³/mol. The first kappa shape index (κ1) is 21.0. The van der Waals surface area contributed by atoms with E-state index >= 15 is 0 Å². The van der Waals surface area contributed by atoms with Crippen LogP contribution in [0.5, 0.6) is 5.75 Å². The van der Waals surface area contributed by atoms with E-state index in [-0.39, 0.29) is 11.8 Å². The van der Waals surface area contributed by atoms with Crippen LogP contribution in [0.2, 0.25) is 0 Å². The molecule has 3 aromatic carbocycles. The molecule has 0 spiro atoms. The number of methoxy groups -OCH3 is 1. The molecule has 0 fully saturated rings. The van der Waals surface area contributed by atoms with E-state index in [2.05, 4.69) is 12.1 Å². The fourth-order valence-electron chi connectivity index (χ4n) is 4.86. The van der Waals surface area contributed by atoms with Crippen LogP contribution in [-0.2, 0) is 16.0 Å². The summed E-state index contributed by atoms with van der Waals surface area (Å²) in [5.41, 5.74) is 6.48. The molecule has 33 heavy (non-hydrogen) atoms. The number of fused-ring (bicyclic) bond motifs is 1. The molecule has 2 amide bonds. The molecule has 0 bridgehead atoms. The molecular weight excluding hydrogens is 412 g/mol. The van der Waals surface area contributed by atoms with E-state index in [0.29, 0.717) is 29.3 Å². The van der Waals surface area contributed by atoms with Crippen molar-refractivity contribution in [2.45, 2.75) is 26.7 Å². The number of imide groups is 1. The van der Waals surface area contributed by atoms with Crippen molar-refractivity contribution in [2.75, 3.05) is 23.5 Å². The first-order valence-electron chi connectivity index (χ1n) is 11.2.